The molecule has 128 valence electrons. The zero-order chi connectivity index (χ0) is 17.4. The summed E-state index contributed by atoms with van der Waals surface area (Å²) in [7, 11) is 1.34. The second-order valence-corrected chi connectivity index (χ2v) is 5.92. The van der Waals surface area contributed by atoms with Gasteiger partial charge in [-0.15, -0.1) is 5.10 Å². The van der Waals surface area contributed by atoms with Crippen molar-refractivity contribution in [1.29, 1.82) is 0 Å². The second kappa shape index (κ2) is 9.02. The molecule has 1 N–H and O–H groups in total. The Morgan fingerprint density at radius 3 is 2.88 bits per heavy atom. The first kappa shape index (κ1) is 17.9. The summed E-state index contributed by atoms with van der Waals surface area (Å²) in [6.07, 6.45) is 0.833. The number of benzene rings is 1. The number of nitrogens with zero attached hydrogens (tertiary/aromatic N) is 4. The van der Waals surface area contributed by atoms with Gasteiger partial charge in [0.25, 0.3) is 0 Å². The minimum atomic E-state index is -0.281. The molecule has 24 heavy (non-hydrogen) atoms. The van der Waals surface area contributed by atoms with Crippen LogP contribution in [0.2, 0.25) is 0 Å². The van der Waals surface area contributed by atoms with Crippen LogP contribution in [0.25, 0.3) is 5.69 Å². The van der Waals surface area contributed by atoms with Gasteiger partial charge in [-0.25, -0.2) is 0 Å². The fourth-order valence-corrected chi connectivity index (χ4v) is 2.68. The van der Waals surface area contributed by atoms with E-state index in [-0.39, 0.29) is 24.1 Å². The summed E-state index contributed by atoms with van der Waals surface area (Å²) in [6.45, 7) is 2.40. The molecule has 0 fully saturated rings. The van der Waals surface area contributed by atoms with Gasteiger partial charge in [0.05, 0.1) is 18.6 Å². The molecule has 1 amide bonds. The van der Waals surface area contributed by atoms with Crippen LogP contribution in [0, 0.1) is 6.92 Å². The van der Waals surface area contributed by atoms with Crippen molar-refractivity contribution in [2.45, 2.75) is 24.9 Å². The quantitative estimate of drug-likeness (QED) is 0.433. The Labute approximate surface area is 144 Å². The molecule has 8 nitrogen and oxygen atoms in total. The van der Waals surface area contributed by atoms with Crippen molar-refractivity contribution in [3.63, 3.8) is 0 Å². The predicted octanol–water partition coefficient (Wildman–Crippen LogP) is 1.13. The van der Waals surface area contributed by atoms with Crippen LogP contribution in [0.4, 0.5) is 0 Å². The molecule has 0 spiro atoms. The van der Waals surface area contributed by atoms with Crippen molar-refractivity contribution < 1.29 is 14.3 Å². The zero-order valence-electron chi connectivity index (χ0n) is 13.6. The maximum Gasteiger partial charge on any atom is 0.305 e. The van der Waals surface area contributed by atoms with E-state index in [1.54, 1.807) is 4.68 Å². The number of esters is 1. The third-order valence-electron chi connectivity index (χ3n) is 3.22. The van der Waals surface area contributed by atoms with Crippen molar-refractivity contribution in [1.82, 2.24) is 25.5 Å². The van der Waals surface area contributed by atoms with E-state index in [1.165, 1.54) is 18.9 Å². The zero-order valence-corrected chi connectivity index (χ0v) is 14.4. The number of aromatic nitrogens is 4. The number of tetrazole rings is 1. The van der Waals surface area contributed by atoms with E-state index in [9.17, 15) is 9.59 Å². The maximum atomic E-state index is 11.8. The standard InChI is InChI=1S/C15H19N5O3S/c1-11-6-3-4-7-12(11)20-15(17-18-19-20)24-10-13(21)16-9-5-8-14(22)23-2/h3-4,6-7H,5,8-10H2,1-2H3,(H,16,21). The van der Waals surface area contributed by atoms with Gasteiger partial charge < -0.3 is 10.1 Å². The first-order chi connectivity index (χ1) is 11.6. The first-order valence-corrected chi connectivity index (χ1v) is 8.41. The van der Waals surface area contributed by atoms with Crippen LogP contribution in [-0.2, 0) is 14.3 Å². The first-order valence-electron chi connectivity index (χ1n) is 7.42. The molecule has 1 heterocycles. The van der Waals surface area contributed by atoms with Gasteiger partial charge in [-0.3, -0.25) is 9.59 Å². The number of rotatable bonds is 8. The molecule has 2 aromatic rings. The Morgan fingerprint density at radius 1 is 1.33 bits per heavy atom. The lowest BCUT2D eigenvalue weighted by Gasteiger charge is -2.07. The molecule has 0 saturated heterocycles. The van der Waals surface area contributed by atoms with Crippen LogP contribution in [-0.4, -0.2) is 51.5 Å². The van der Waals surface area contributed by atoms with Crippen LogP contribution >= 0.6 is 11.8 Å². The molecular weight excluding hydrogens is 330 g/mol. The molecule has 0 bridgehead atoms. The summed E-state index contributed by atoms with van der Waals surface area (Å²) in [4.78, 5) is 22.8. The van der Waals surface area contributed by atoms with Gasteiger partial charge in [0, 0.05) is 13.0 Å². The Bertz CT molecular complexity index is 704. The molecule has 0 aliphatic carbocycles. The molecule has 1 aromatic heterocycles. The van der Waals surface area contributed by atoms with Gasteiger partial charge in [-0.2, -0.15) is 4.68 Å². The van der Waals surface area contributed by atoms with Crippen molar-refractivity contribution in [2.75, 3.05) is 19.4 Å². The number of nitrogens with one attached hydrogen (secondary N) is 1. The van der Waals surface area contributed by atoms with Crippen molar-refractivity contribution >= 4 is 23.6 Å². The maximum absolute atomic E-state index is 11.8. The highest BCUT2D eigenvalue weighted by Crippen LogP contribution is 2.20. The number of methoxy groups -OCH3 is 1. The fourth-order valence-electron chi connectivity index (χ4n) is 1.96. The molecule has 0 radical (unpaired) electrons. The monoisotopic (exact) mass is 349 g/mol. The highest BCUT2D eigenvalue weighted by Gasteiger charge is 2.12. The van der Waals surface area contributed by atoms with Gasteiger partial charge in [0.2, 0.25) is 11.1 Å². The third-order valence-corrected chi connectivity index (χ3v) is 4.14. The number of amides is 1. The summed E-state index contributed by atoms with van der Waals surface area (Å²) in [5.41, 5.74) is 1.92. The average Bonchev–Trinajstić information content (AvgIpc) is 3.05. The molecule has 1 aromatic carbocycles. The lowest BCUT2D eigenvalue weighted by atomic mass is 10.2. The number of hydrogen-bond acceptors (Lipinski definition) is 7. The molecule has 0 unspecified atom stereocenters. The Balaban J connectivity index is 1.83. The SMILES string of the molecule is COC(=O)CCCNC(=O)CSc1nnnn1-c1ccccc1C. The van der Waals surface area contributed by atoms with E-state index < -0.39 is 0 Å². The second-order valence-electron chi connectivity index (χ2n) is 4.98. The molecule has 0 aliphatic rings. The van der Waals surface area contributed by atoms with Crippen molar-refractivity contribution in [3.8, 4) is 5.69 Å². The lowest BCUT2D eigenvalue weighted by Crippen LogP contribution is -2.26. The van der Waals surface area contributed by atoms with E-state index in [2.05, 4.69) is 25.6 Å². The van der Waals surface area contributed by atoms with Gasteiger partial charge in [-0.1, -0.05) is 30.0 Å². The molecule has 2 rings (SSSR count). The van der Waals surface area contributed by atoms with E-state index in [0.29, 0.717) is 18.1 Å². The number of thioether (sulfide) groups is 1. The van der Waals surface area contributed by atoms with Crippen LogP contribution in [0.15, 0.2) is 29.4 Å². The predicted molar refractivity (Wildman–Crippen MR) is 88.9 cm³/mol. The highest BCUT2D eigenvalue weighted by atomic mass is 32.2. The van der Waals surface area contributed by atoms with Crippen LogP contribution in [0.3, 0.4) is 0 Å². The number of para-hydroxylation sites is 1. The number of carbonyl (C=O) groups is 2. The van der Waals surface area contributed by atoms with Gasteiger partial charge in [-0.05, 0) is 35.4 Å². The molecule has 0 saturated carbocycles. The summed E-state index contributed by atoms with van der Waals surface area (Å²) in [6, 6.07) is 7.74. The average molecular weight is 349 g/mol. The number of hydrogen-bond donors (Lipinski definition) is 1. The van der Waals surface area contributed by atoms with Gasteiger partial charge >= 0.3 is 5.97 Å². The van der Waals surface area contributed by atoms with Gasteiger partial charge in [0.15, 0.2) is 0 Å². The van der Waals surface area contributed by atoms with E-state index in [4.69, 9.17) is 0 Å². The van der Waals surface area contributed by atoms with E-state index in [0.717, 1.165) is 11.3 Å². The smallest absolute Gasteiger partial charge is 0.305 e. The molecule has 0 aliphatic heterocycles. The molecular formula is C15H19N5O3S. The topological polar surface area (TPSA) is 99.0 Å². The van der Waals surface area contributed by atoms with Crippen LogP contribution in [0.5, 0.6) is 0 Å². The molecule has 9 heteroatoms. The summed E-state index contributed by atoms with van der Waals surface area (Å²) < 4.78 is 6.15. The third kappa shape index (κ3) is 5.05. The number of carbonyl (C=O) groups excluding carboxylic acids is 2. The minimum absolute atomic E-state index is 0.135. The number of ether oxygens (including phenoxy) is 1. The van der Waals surface area contributed by atoms with E-state index >= 15 is 0 Å². The largest absolute Gasteiger partial charge is 0.469 e. The number of aryl methyl sites for hydroxylation is 1. The Kier molecular flexibility index (Phi) is 6.74. The van der Waals surface area contributed by atoms with Gasteiger partial charge in [0.1, 0.15) is 0 Å². The van der Waals surface area contributed by atoms with Crippen molar-refractivity contribution in [3.05, 3.63) is 29.8 Å². The Morgan fingerprint density at radius 2 is 2.12 bits per heavy atom. The normalized spacial score (nSPS) is 10.4. The summed E-state index contributed by atoms with van der Waals surface area (Å²) in [5.74, 6) is -0.218. The minimum Gasteiger partial charge on any atom is -0.469 e. The van der Waals surface area contributed by atoms with E-state index in [1.807, 2.05) is 31.2 Å². The highest BCUT2D eigenvalue weighted by molar-refractivity contribution is 7.99. The van der Waals surface area contributed by atoms with Crippen LogP contribution in [0.1, 0.15) is 18.4 Å². The molecule has 0 atom stereocenters. The van der Waals surface area contributed by atoms with Crippen molar-refractivity contribution in [2.24, 2.45) is 0 Å². The lowest BCUT2D eigenvalue weighted by molar-refractivity contribution is -0.140. The summed E-state index contributed by atoms with van der Waals surface area (Å²) in [5, 5.41) is 14.9. The fraction of sp³-hybridized carbons (Fsp3) is 0.400. The Hall–Kier alpha value is -2.42. The van der Waals surface area contributed by atoms with Crippen LogP contribution < -0.4 is 5.32 Å². The summed E-state index contributed by atoms with van der Waals surface area (Å²) >= 11 is 1.26.